The summed E-state index contributed by atoms with van der Waals surface area (Å²) in [5.74, 6) is -0.859. The van der Waals surface area contributed by atoms with Crippen LogP contribution in [0.3, 0.4) is 0 Å². The zero-order valence-electron chi connectivity index (χ0n) is 9.77. The van der Waals surface area contributed by atoms with E-state index in [1.165, 1.54) is 5.56 Å². The summed E-state index contributed by atoms with van der Waals surface area (Å²) in [6.45, 7) is 2.07. The molecule has 1 aliphatic carbocycles. The molecule has 3 heteroatoms. The maximum Gasteiger partial charge on any atom is 0.336 e. The summed E-state index contributed by atoms with van der Waals surface area (Å²) in [6.07, 6.45) is 0. The van der Waals surface area contributed by atoms with Gasteiger partial charge >= 0.3 is 5.97 Å². The second kappa shape index (κ2) is 3.82. The number of carbonyl (C=O) groups is 1. The molecule has 0 bridgehead atoms. The molecule has 0 amide bonds. The highest BCUT2D eigenvalue weighted by atomic mass is 127. The van der Waals surface area contributed by atoms with Crippen LogP contribution in [-0.2, 0) is 3.42 Å². The summed E-state index contributed by atoms with van der Waals surface area (Å²) in [4.78, 5) is 11.4. The fourth-order valence-electron chi connectivity index (χ4n) is 2.72. The standard InChI is InChI=1S/C15H11IO2/c1-15(16)12-8-3-2-5-9(12)10-6-4-7-11(13(10)15)14(17)18/h2-8H,1H3,(H,17,18). The number of rotatable bonds is 1. The van der Waals surface area contributed by atoms with E-state index in [9.17, 15) is 9.90 Å². The SMILES string of the molecule is CC1(I)c2ccccc2-c2cccc(C(=O)O)c21. The van der Waals surface area contributed by atoms with Crippen LogP contribution >= 0.6 is 22.6 Å². The molecule has 0 heterocycles. The quantitative estimate of drug-likeness (QED) is 0.622. The second-order valence-corrected chi connectivity index (χ2v) is 6.74. The van der Waals surface area contributed by atoms with Crippen molar-refractivity contribution in [2.75, 3.05) is 0 Å². The highest BCUT2D eigenvalue weighted by molar-refractivity contribution is 14.1. The lowest BCUT2D eigenvalue weighted by Crippen LogP contribution is -2.15. The van der Waals surface area contributed by atoms with Gasteiger partial charge in [0.25, 0.3) is 0 Å². The summed E-state index contributed by atoms with van der Waals surface area (Å²) in [7, 11) is 0. The van der Waals surface area contributed by atoms with Crippen molar-refractivity contribution in [1.29, 1.82) is 0 Å². The fraction of sp³-hybridized carbons (Fsp3) is 0.133. The fourth-order valence-corrected chi connectivity index (χ4v) is 3.77. The monoisotopic (exact) mass is 350 g/mol. The zero-order valence-corrected chi connectivity index (χ0v) is 11.9. The molecule has 1 aliphatic rings. The molecule has 90 valence electrons. The third-order valence-electron chi connectivity index (χ3n) is 3.49. The Morgan fingerprint density at radius 3 is 2.50 bits per heavy atom. The van der Waals surface area contributed by atoms with Crippen LogP contribution < -0.4 is 0 Å². The minimum atomic E-state index is -0.859. The lowest BCUT2D eigenvalue weighted by atomic mass is 9.94. The summed E-state index contributed by atoms with van der Waals surface area (Å²) in [6, 6.07) is 13.6. The Hall–Kier alpha value is -1.36. The molecule has 3 rings (SSSR count). The van der Waals surface area contributed by atoms with Gasteiger partial charge < -0.3 is 5.11 Å². The molecule has 0 spiro atoms. The van der Waals surface area contributed by atoms with Gasteiger partial charge in [0.05, 0.1) is 8.99 Å². The van der Waals surface area contributed by atoms with Crippen LogP contribution in [0.25, 0.3) is 11.1 Å². The van der Waals surface area contributed by atoms with Gasteiger partial charge in [0, 0.05) is 0 Å². The normalized spacial score (nSPS) is 20.3. The third-order valence-corrected chi connectivity index (χ3v) is 4.61. The molecule has 1 unspecified atom stereocenters. The maximum absolute atomic E-state index is 11.4. The highest BCUT2D eigenvalue weighted by Gasteiger charge is 2.39. The number of hydrogen-bond donors (Lipinski definition) is 1. The van der Waals surface area contributed by atoms with Gasteiger partial charge in [0.1, 0.15) is 0 Å². The van der Waals surface area contributed by atoms with Crippen LogP contribution in [0, 0.1) is 0 Å². The predicted molar refractivity (Wildman–Crippen MR) is 79.3 cm³/mol. The summed E-state index contributed by atoms with van der Waals surface area (Å²) >= 11 is 2.34. The Balaban J connectivity index is 2.42. The van der Waals surface area contributed by atoms with Gasteiger partial charge in [-0.1, -0.05) is 59.0 Å². The van der Waals surface area contributed by atoms with E-state index in [1.807, 2.05) is 24.3 Å². The van der Waals surface area contributed by atoms with E-state index in [0.717, 1.165) is 16.7 Å². The number of aromatic carboxylic acids is 1. The molecule has 0 radical (unpaired) electrons. The Kier molecular flexibility index (Phi) is 2.48. The van der Waals surface area contributed by atoms with E-state index in [0.29, 0.717) is 5.56 Å². The number of fused-ring (bicyclic) bond motifs is 3. The van der Waals surface area contributed by atoms with E-state index < -0.39 is 5.97 Å². The first-order chi connectivity index (χ1) is 8.53. The molecule has 1 atom stereocenters. The van der Waals surface area contributed by atoms with E-state index >= 15 is 0 Å². The summed E-state index contributed by atoms with van der Waals surface area (Å²) < 4.78 is -0.279. The van der Waals surface area contributed by atoms with Crippen molar-refractivity contribution in [3.05, 3.63) is 59.2 Å². The van der Waals surface area contributed by atoms with E-state index in [4.69, 9.17) is 0 Å². The van der Waals surface area contributed by atoms with Gasteiger partial charge in [0.15, 0.2) is 0 Å². The third kappa shape index (κ3) is 1.43. The Labute approximate surface area is 119 Å². The van der Waals surface area contributed by atoms with Gasteiger partial charge in [-0.15, -0.1) is 0 Å². The van der Waals surface area contributed by atoms with Crippen LogP contribution in [-0.4, -0.2) is 11.1 Å². The van der Waals surface area contributed by atoms with Crippen LogP contribution in [0.1, 0.15) is 28.4 Å². The molecule has 0 aromatic heterocycles. The van der Waals surface area contributed by atoms with Crippen molar-refractivity contribution >= 4 is 28.6 Å². The van der Waals surface area contributed by atoms with Crippen LogP contribution in [0.2, 0.25) is 0 Å². The van der Waals surface area contributed by atoms with E-state index in [1.54, 1.807) is 6.07 Å². The van der Waals surface area contributed by atoms with Crippen LogP contribution in [0.4, 0.5) is 0 Å². The Morgan fingerprint density at radius 2 is 1.78 bits per heavy atom. The molecule has 2 nitrogen and oxygen atoms in total. The van der Waals surface area contributed by atoms with Crippen molar-refractivity contribution in [1.82, 2.24) is 0 Å². The molecular weight excluding hydrogens is 339 g/mol. The molecule has 0 saturated carbocycles. The van der Waals surface area contributed by atoms with E-state index in [-0.39, 0.29) is 3.42 Å². The van der Waals surface area contributed by atoms with Crippen molar-refractivity contribution in [2.45, 2.75) is 10.3 Å². The molecule has 1 N–H and O–H groups in total. The van der Waals surface area contributed by atoms with Crippen molar-refractivity contribution in [3.8, 4) is 11.1 Å². The Morgan fingerprint density at radius 1 is 1.11 bits per heavy atom. The minimum Gasteiger partial charge on any atom is -0.478 e. The molecule has 2 aromatic rings. The number of carboxylic acids is 1. The van der Waals surface area contributed by atoms with Gasteiger partial charge in [0.2, 0.25) is 0 Å². The van der Waals surface area contributed by atoms with Crippen molar-refractivity contribution in [2.24, 2.45) is 0 Å². The number of benzene rings is 2. The number of carboxylic acid groups (broad SMARTS) is 1. The molecule has 0 fully saturated rings. The van der Waals surface area contributed by atoms with Gasteiger partial charge in [-0.25, -0.2) is 4.79 Å². The second-order valence-electron chi connectivity index (χ2n) is 4.58. The number of halogens is 1. The van der Waals surface area contributed by atoms with E-state index in [2.05, 4.69) is 41.6 Å². The lowest BCUT2D eigenvalue weighted by molar-refractivity contribution is 0.0695. The first-order valence-corrected chi connectivity index (χ1v) is 6.77. The zero-order chi connectivity index (χ0) is 12.9. The van der Waals surface area contributed by atoms with Crippen molar-refractivity contribution in [3.63, 3.8) is 0 Å². The summed E-state index contributed by atoms with van der Waals surface area (Å²) in [5.41, 5.74) is 4.70. The van der Waals surface area contributed by atoms with Crippen molar-refractivity contribution < 1.29 is 9.90 Å². The predicted octanol–water partition coefficient (Wildman–Crippen LogP) is 4.06. The first-order valence-electron chi connectivity index (χ1n) is 5.69. The molecule has 0 saturated heterocycles. The average molecular weight is 350 g/mol. The Bertz CT molecular complexity index is 659. The smallest absolute Gasteiger partial charge is 0.336 e. The molecule has 0 aliphatic heterocycles. The maximum atomic E-state index is 11.4. The average Bonchev–Trinajstić information content (AvgIpc) is 2.60. The van der Waals surface area contributed by atoms with Gasteiger partial charge in [-0.05, 0) is 35.2 Å². The number of alkyl halides is 1. The molecule has 18 heavy (non-hydrogen) atoms. The number of hydrogen-bond acceptors (Lipinski definition) is 1. The van der Waals surface area contributed by atoms with Crippen LogP contribution in [0.15, 0.2) is 42.5 Å². The molecular formula is C15H11IO2. The van der Waals surface area contributed by atoms with Gasteiger partial charge in [-0.3, -0.25) is 0 Å². The van der Waals surface area contributed by atoms with Crippen LogP contribution in [0.5, 0.6) is 0 Å². The topological polar surface area (TPSA) is 37.3 Å². The highest BCUT2D eigenvalue weighted by Crippen LogP contribution is 2.53. The minimum absolute atomic E-state index is 0.279. The first kappa shape index (κ1) is 11.7. The van der Waals surface area contributed by atoms with Gasteiger partial charge in [-0.2, -0.15) is 0 Å². The largest absolute Gasteiger partial charge is 0.478 e. The summed E-state index contributed by atoms with van der Waals surface area (Å²) in [5, 5.41) is 9.36. The molecule has 2 aromatic carbocycles. The lowest BCUT2D eigenvalue weighted by Gasteiger charge is -2.20.